The minimum Gasteiger partial charge on any atom is -0.482 e. The lowest BCUT2D eigenvalue weighted by Crippen LogP contribution is -2.12. The van der Waals surface area contributed by atoms with Gasteiger partial charge in [-0.2, -0.15) is 0 Å². The average molecular weight is 281 g/mol. The molecule has 1 amide bonds. The molecule has 20 heavy (non-hydrogen) atoms. The van der Waals surface area contributed by atoms with E-state index < -0.39 is 18.5 Å². The third kappa shape index (κ3) is 6.39. The first kappa shape index (κ1) is 15.5. The summed E-state index contributed by atoms with van der Waals surface area (Å²) in [7, 11) is 0. The molecule has 108 valence electrons. The molecule has 0 aliphatic carbocycles. The van der Waals surface area contributed by atoms with Gasteiger partial charge in [-0.25, -0.2) is 4.79 Å². The van der Waals surface area contributed by atoms with E-state index in [1.54, 1.807) is 18.2 Å². The Morgan fingerprint density at radius 2 is 1.85 bits per heavy atom. The van der Waals surface area contributed by atoms with Gasteiger partial charge in [-0.15, -0.1) is 0 Å². The van der Waals surface area contributed by atoms with Crippen molar-refractivity contribution in [1.82, 2.24) is 0 Å². The first-order chi connectivity index (χ1) is 9.47. The van der Waals surface area contributed by atoms with Gasteiger partial charge in [-0.05, 0) is 18.6 Å². The lowest BCUT2D eigenvalue weighted by Gasteiger charge is -2.07. The molecular weight excluding hydrogens is 266 g/mol. The standard InChI is InChI=1S/C13H15NO6/c15-11(5-2-6-12(16)17)14-9-3-1-4-10(7-9)20-8-13(18)19/h1,3-4,7H,2,5-6,8H2,(H,14,15)(H,16,17)(H,18,19). The number of nitrogens with one attached hydrogen (secondary N) is 1. The molecule has 1 aromatic rings. The summed E-state index contributed by atoms with van der Waals surface area (Å²) < 4.78 is 4.97. The van der Waals surface area contributed by atoms with Crippen molar-refractivity contribution in [2.75, 3.05) is 11.9 Å². The molecule has 0 unspecified atom stereocenters. The molecule has 0 aliphatic heterocycles. The Kier molecular flexibility index (Phi) is 6.02. The predicted octanol–water partition coefficient (Wildman–Crippen LogP) is 1.34. The van der Waals surface area contributed by atoms with Gasteiger partial charge >= 0.3 is 11.9 Å². The van der Waals surface area contributed by atoms with E-state index in [2.05, 4.69) is 5.32 Å². The number of hydrogen-bond acceptors (Lipinski definition) is 4. The first-order valence-corrected chi connectivity index (χ1v) is 5.93. The van der Waals surface area contributed by atoms with E-state index in [0.29, 0.717) is 11.4 Å². The summed E-state index contributed by atoms with van der Waals surface area (Å²) in [5.74, 6) is -2.01. The minimum absolute atomic E-state index is 0.0603. The Hall–Kier alpha value is -2.57. The van der Waals surface area contributed by atoms with E-state index >= 15 is 0 Å². The summed E-state index contributed by atoms with van der Waals surface area (Å²) in [4.78, 5) is 32.2. The molecule has 7 heteroatoms. The Balaban J connectivity index is 2.46. The van der Waals surface area contributed by atoms with E-state index in [-0.39, 0.29) is 25.2 Å². The fourth-order valence-electron chi connectivity index (χ4n) is 1.43. The molecule has 0 saturated heterocycles. The van der Waals surface area contributed by atoms with Crippen LogP contribution in [0.5, 0.6) is 5.75 Å². The molecule has 0 fully saturated rings. The second kappa shape index (κ2) is 7.78. The summed E-state index contributed by atoms with van der Waals surface area (Å²) >= 11 is 0. The zero-order chi connectivity index (χ0) is 15.0. The van der Waals surface area contributed by atoms with Crippen molar-refractivity contribution in [1.29, 1.82) is 0 Å². The third-order valence-corrected chi connectivity index (χ3v) is 2.27. The molecule has 0 saturated carbocycles. The molecule has 0 aliphatic rings. The highest BCUT2D eigenvalue weighted by molar-refractivity contribution is 5.91. The smallest absolute Gasteiger partial charge is 0.341 e. The SMILES string of the molecule is O=C(O)CCCC(=O)Nc1cccc(OCC(=O)O)c1. The number of aliphatic carboxylic acids is 2. The van der Waals surface area contributed by atoms with Crippen molar-refractivity contribution in [2.24, 2.45) is 0 Å². The fourth-order valence-corrected chi connectivity index (χ4v) is 1.43. The second-order valence-corrected chi connectivity index (χ2v) is 4.01. The van der Waals surface area contributed by atoms with Crippen LogP contribution in [0.15, 0.2) is 24.3 Å². The lowest BCUT2D eigenvalue weighted by molar-refractivity contribution is -0.139. The molecule has 0 heterocycles. The summed E-state index contributed by atoms with van der Waals surface area (Å²) in [5.41, 5.74) is 0.466. The zero-order valence-corrected chi connectivity index (χ0v) is 10.7. The largest absolute Gasteiger partial charge is 0.482 e. The number of carboxylic acid groups (broad SMARTS) is 2. The molecule has 1 rings (SSSR count). The average Bonchev–Trinajstić information content (AvgIpc) is 2.36. The van der Waals surface area contributed by atoms with E-state index in [1.165, 1.54) is 6.07 Å². The van der Waals surface area contributed by atoms with Gasteiger partial charge in [0.2, 0.25) is 5.91 Å². The van der Waals surface area contributed by atoms with Crippen LogP contribution < -0.4 is 10.1 Å². The van der Waals surface area contributed by atoms with Gasteiger partial charge in [0.25, 0.3) is 0 Å². The number of ether oxygens (including phenoxy) is 1. The molecular formula is C13H15NO6. The Bertz CT molecular complexity index is 499. The molecule has 7 nitrogen and oxygen atoms in total. The molecule has 0 spiro atoms. The van der Waals surface area contributed by atoms with Crippen LogP contribution in [-0.2, 0) is 14.4 Å². The van der Waals surface area contributed by atoms with Gasteiger partial charge in [0.15, 0.2) is 6.61 Å². The number of carbonyl (C=O) groups is 3. The predicted molar refractivity (Wildman–Crippen MR) is 69.7 cm³/mol. The first-order valence-electron chi connectivity index (χ1n) is 5.93. The molecule has 0 bridgehead atoms. The minimum atomic E-state index is -1.09. The Labute approximate surface area is 115 Å². The van der Waals surface area contributed by atoms with Crippen LogP contribution in [0.25, 0.3) is 0 Å². The van der Waals surface area contributed by atoms with Crippen LogP contribution in [0.4, 0.5) is 5.69 Å². The van der Waals surface area contributed by atoms with Crippen molar-refractivity contribution in [3.63, 3.8) is 0 Å². The van der Waals surface area contributed by atoms with Crippen LogP contribution in [0.1, 0.15) is 19.3 Å². The number of hydrogen-bond donors (Lipinski definition) is 3. The number of rotatable bonds is 8. The summed E-state index contributed by atoms with van der Waals surface area (Å²) in [6.07, 6.45) is 0.304. The number of anilines is 1. The van der Waals surface area contributed by atoms with Crippen LogP contribution >= 0.6 is 0 Å². The molecule has 0 radical (unpaired) electrons. The maximum atomic E-state index is 11.5. The van der Waals surface area contributed by atoms with Crippen molar-refractivity contribution in [2.45, 2.75) is 19.3 Å². The van der Waals surface area contributed by atoms with Crippen molar-refractivity contribution in [3.05, 3.63) is 24.3 Å². The van der Waals surface area contributed by atoms with E-state index in [1.807, 2.05) is 0 Å². The van der Waals surface area contributed by atoms with Gasteiger partial charge in [0.1, 0.15) is 5.75 Å². The lowest BCUT2D eigenvalue weighted by atomic mass is 10.2. The number of carbonyl (C=O) groups excluding carboxylic acids is 1. The monoisotopic (exact) mass is 281 g/mol. The van der Waals surface area contributed by atoms with Gasteiger partial charge in [0.05, 0.1) is 0 Å². The Morgan fingerprint density at radius 1 is 1.10 bits per heavy atom. The van der Waals surface area contributed by atoms with E-state index in [9.17, 15) is 14.4 Å². The van der Waals surface area contributed by atoms with Crippen LogP contribution in [0.3, 0.4) is 0 Å². The molecule has 1 aromatic carbocycles. The van der Waals surface area contributed by atoms with E-state index in [4.69, 9.17) is 14.9 Å². The van der Waals surface area contributed by atoms with Gasteiger partial charge in [0, 0.05) is 24.6 Å². The van der Waals surface area contributed by atoms with Gasteiger partial charge in [-0.3, -0.25) is 9.59 Å². The Morgan fingerprint density at radius 3 is 2.50 bits per heavy atom. The van der Waals surface area contributed by atoms with Gasteiger partial charge in [-0.1, -0.05) is 6.07 Å². The maximum Gasteiger partial charge on any atom is 0.341 e. The highest BCUT2D eigenvalue weighted by Crippen LogP contribution is 2.17. The number of amides is 1. The van der Waals surface area contributed by atoms with Crippen molar-refractivity contribution < 1.29 is 29.3 Å². The molecule has 3 N–H and O–H groups in total. The number of carboxylic acids is 2. The van der Waals surface area contributed by atoms with Crippen molar-refractivity contribution >= 4 is 23.5 Å². The van der Waals surface area contributed by atoms with Crippen LogP contribution in [0, 0.1) is 0 Å². The summed E-state index contributed by atoms with van der Waals surface area (Å²) in [6.45, 7) is -0.462. The van der Waals surface area contributed by atoms with Gasteiger partial charge < -0.3 is 20.3 Å². The van der Waals surface area contributed by atoms with Crippen LogP contribution in [0.2, 0.25) is 0 Å². The summed E-state index contributed by atoms with van der Waals surface area (Å²) in [5, 5.41) is 19.5. The molecule has 0 aromatic heterocycles. The highest BCUT2D eigenvalue weighted by atomic mass is 16.5. The van der Waals surface area contributed by atoms with Crippen LogP contribution in [-0.4, -0.2) is 34.7 Å². The topological polar surface area (TPSA) is 113 Å². The summed E-state index contributed by atoms with van der Waals surface area (Å²) in [6, 6.07) is 6.31. The second-order valence-electron chi connectivity index (χ2n) is 4.01. The zero-order valence-electron chi connectivity index (χ0n) is 10.7. The fraction of sp³-hybridized carbons (Fsp3) is 0.308. The number of benzene rings is 1. The van der Waals surface area contributed by atoms with E-state index in [0.717, 1.165) is 0 Å². The quantitative estimate of drug-likeness (QED) is 0.662. The maximum absolute atomic E-state index is 11.5. The normalized spacial score (nSPS) is 9.80. The highest BCUT2D eigenvalue weighted by Gasteiger charge is 2.06. The third-order valence-electron chi connectivity index (χ3n) is 2.27. The van der Waals surface area contributed by atoms with Crippen molar-refractivity contribution in [3.8, 4) is 5.75 Å². The molecule has 0 atom stereocenters.